The summed E-state index contributed by atoms with van der Waals surface area (Å²) in [6, 6.07) is 12.7. The number of hydrogen-bond acceptors (Lipinski definition) is 6. The van der Waals surface area contributed by atoms with Crippen molar-refractivity contribution >= 4 is 33.6 Å². The molecule has 182 valence electrons. The van der Waals surface area contributed by atoms with E-state index in [1.807, 2.05) is 13.0 Å². The average molecular weight is 529 g/mol. The maximum Gasteiger partial charge on any atom is 0.331 e. The first-order valence-electron chi connectivity index (χ1n) is 11.8. The summed E-state index contributed by atoms with van der Waals surface area (Å²) in [7, 11) is 0. The molecule has 0 saturated carbocycles. The molecule has 2 aromatic rings. The van der Waals surface area contributed by atoms with E-state index in [-0.39, 0.29) is 11.5 Å². The molecular formula is C27H33BrN2O4. The molecule has 0 fully saturated rings. The first-order chi connectivity index (χ1) is 16.2. The fourth-order valence-electron chi connectivity index (χ4n) is 5.01. The third kappa shape index (κ3) is 5.58. The molecule has 0 radical (unpaired) electrons. The molecule has 1 unspecified atom stereocenters. The van der Waals surface area contributed by atoms with E-state index < -0.39 is 11.9 Å². The van der Waals surface area contributed by atoms with E-state index in [4.69, 9.17) is 9.68 Å². The SMILES string of the molecule is CCCC1(CCC)c2cc(Br)ccc2-c2ccc(/C(CC(C)NOC(C)=O)=N/OC(C)=O)cc21. The lowest BCUT2D eigenvalue weighted by atomic mass is 9.71. The molecule has 1 N–H and O–H groups in total. The molecule has 0 aromatic heterocycles. The summed E-state index contributed by atoms with van der Waals surface area (Å²) < 4.78 is 1.08. The van der Waals surface area contributed by atoms with Gasteiger partial charge in [-0.25, -0.2) is 4.79 Å². The summed E-state index contributed by atoms with van der Waals surface area (Å²) in [5, 5.41) is 4.17. The van der Waals surface area contributed by atoms with Crippen LogP contribution in [-0.2, 0) is 24.7 Å². The standard InChI is InChI=1S/C27H33BrN2O4/c1-6-12-27(13-7-2)24-15-20(8-10-22(24)23-11-9-21(28)16-25(23)27)26(30-34-19(5)32)14-17(3)29-33-18(4)31/h8-11,15-17,29H,6-7,12-14H2,1-5H3/b30-26+. The van der Waals surface area contributed by atoms with E-state index in [9.17, 15) is 9.59 Å². The number of nitrogens with one attached hydrogen (secondary N) is 1. The van der Waals surface area contributed by atoms with Crippen LogP contribution in [0, 0.1) is 0 Å². The second kappa shape index (κ2) is 11.3. The quantitative estimate of drug-likeness (QED) is 0.218. The minimum atomic E-state index is -0.483. The van der Waals surface area contributed by atoms with Crippen LogP contribution >= 0.6 is 15.9 Å². The zero-order valence-corrected chi connectivity index (χ0v) is 22.1. The summed E-state index contributed by atoms with van der Waals surface area (Å²) in [5.41, 5.74) is 9.31. The number of halogens is 1. The number of oxime groups is 1. The number of rotatable bonds is 10. The maximum absolute atomic E-state index is 11.5. The van der Waals surface area contributed by atoms with Gasteiger partial charge in [-0.2, -0.15) is 0 Å². The summed E-state index contributed by atoms with van der Waals surface area (Å²) in [5.74, 6) is -0.904. The topological polar surface area (TPSA) is 77.0 Å². The van der Waals surface area contributed by atoms with Gasteiger partial charge < -0.3 is 9.68 Å². The van der Waals surface area contributed by atoms with Gasteiger partial charge in [-0.15, -0.1) is 5.48 Å². The molecule has 0 spiro atoms. The van der Waals surface area contributed by atoms with Gasteiger partial charge in [0, 0.05) is 36.2 Å². The Morgan fingerprint density at radius 3 is 2.21 bits per heavy atom. The number of carbonyl (C=O) groups excluding carboxylic acids is 2. The van der Waals surface area contributed by atoms with Crippen molar-refractivity contribution in [3.63, 3.8) is 0 Å². The summed E-state index contributed by atoms with van der Waals surface area (Å²) >= 11 is 3.68. The number of hydroxylamine groups is 1. The minimum absolute atomic E-state index is 0.0812. The molecule has 2 aromatic carbocycles. The van der Waals surface area contributed by atoms with E-state index in [2.05, 4.69) is 70.7 Å². The molecule has 6 nitrogen and oxygen atoms in total. The Hall–Kier alpha value is -2.51. The average Bonchev–Trinajstić information content (AvgIpc) is 3.04. The molecule has 7 heteroatoms. The van der Waals surface area contributed by atoms with E-state index in [0.717, 1.165) is 35.7 Å². The molecular weight excluding hydrogens is 496 g/mol. The molecule has 0 bridgehead atoms. The molecule has 0 aliphatic heterocycles. The van der Waals surface area contributed by atoms with Gasteiger partial charge in [0.2, 0.25) is 0 Å². The number of hydrogen-bond donors (Lipinski definition) is 1. The van der Waals surface area contributed by atoms with Gasteiger partial charge in [0.1, 0.15) is 0 Å². The lowest BCUT2D eigenvalue weighted by molar-refractivity contribution is -0.149. The molecule has 0 amide bonds. The zero-order chi connectivity index (χ0) is 24.9. The van der Waals surface area contributed by atoms with Crippen molar-refractivity contribution in [2.45, 2.75) is 78.2 Å². The summed E-state index contributed by atoms with van der Waals surface area (Å²) in [4.78, 5) is 32.7. The Morgan fingerprint density at radius 2 is 1.62 bits per heavy atom. The molecule has 0 heterocycles. The predicted molar refractivity (Wildman–Crippen MR) is 137 cm³/mol. The molecule has 1 aliphatic carbocycles. The van der Waals surface area contributed by atoms with Crippen LogP contribution in [0.5, 0.6) is 0 Å². The van der Waals surface area contributed by atoms with Crippen molar-refractivity contribution in [1.29, 1.82) is 0 Å². The highest BCUT2D eigenvalue weighted by Gasteiger charge is 2.42. The minimum Gasteiger partial charge on any atom is -0.371 e. The van der Waals surface area contributed by atoms with Gasteiger partial charge in [-0.1, -0.05) is 66.0 Å². The van der Waals surface area contributed by atoms with Gasteiger partial charge >= 0.3 is 11.9 Å². The van der Waals surface area contributed by atoms with Crippen LogP contribution in [-0.4, -0.2) is 23.7 Å². The Kier molecular flexibility index (Phi) is 8.66. The Balaban J connectivity index is 2.09. The van der Waals surface area contributed by atoms with Crippen molar-refractivity contribution in [3.05, 3.63) is 57.6 Å². The molecule has 34 heavy (non-hydrogen) atoms. The second-order valence-electron chi connectivity index (χ2n) is 8.97. The maximum atomic E-state index is 11.5. The number of benzene rings is 2. The lowest BCUT2D eigenvalue weighted by Gasteiger charge is -2.32. The third-order valence-corrected chi connectivity index (χ3v) is 6.69. The highest BCUT2D eigenvalue weighted by atomic mass is 79.9. The Labute approximate surface area is 210 Å². The van der Waals surface area contributed by atoms with Crippen LogP contribution in [0.3, 0.4) is 0 Å². The summed E-state index contributed by atoms with van der Waals surface area (Å²) in [6.07, 6.45) is 4.62. The van der Waals surface area contributed by atoms with Gasteiger partial charge in [0.15, 0.2) is 0 Å². The Bertz CT molecular complexity index is 1090. The summed E-state index contributed by atoms with van der Waals surface area (Å²) in [6.45, 7) is 9.00. The first-order valence-corrected chi connectivity index (χ1v) is 12.6. The first kappa shape index (κ1) is 26.1. The van der Waals surface area contributed by atoms with E-state index >= 15 is 0 Å². The van der Waals surface area contributed by atoms with Gasteiger partial charge in [0.25, 0.3) is 0 Å². The van der Waals surface area contributed by atoms with Crippen LogP contribution in [0.4, 0.5) is 0 Å². The fourth-order valence-corrected chi connectivity index (χ4v) is 5.37. The monoisotopic (exact) mass is 528 g/mol. The van der Waals surface area contributed by atoms with Crippen molar-refractivity contribution in [2.75, 3.05) is 0 Å². The molecule has 0 saturated heterocycles. The number of carbonyl (C=O) groups is 2. The van der Waals surface area contributed by atoms with E-state index in [1.165, 1.54) is 36.1 Å². The normalized spacial score (nSPS) is 14.8. The van der Waals surface area contributed by atoms with Crippen molar-refractivity contribution in [1.82, 2.24) is 5.48 Å². The van der Waals surface area contributed by atoms with Crippen molar-refractivity contribution < 1.29 is 19.3 Å². The zero-order valence-electron chi connectivity index (χ0n) is 20.5. The number of nitrogens with zero attached hydrogens (tertiary/aromatic N) is 1. The highest BCUT2D eigenvalue weighted by molar-refractivity contribution is 9.10. The van der Waals surface area contributed by atoms with Gasteiger partial charge in [-0.05, 0) is 65.8 Å². The van der Waals surface area contributed by atoms with Crippen LogP contribution < -0.4 is 5.48 Å². The molecule has 3 rings (SSSR count). The van der Waals surface area contributed by atoms with E-state index in [1.54, 1.807) is 0 Å². The van der Waals surface area contributed by atoms with Crippen molar-refractivity contribution in [2.24, 2.45) is 5.16 Å². The van der Waals surface area contributed by atoms with Crippen LogP contribution in [0.1, 0.15) is 83.4 Å². The molecule has 1 atom stereocenters. The highest BCUT2D eigenvalue weighted by Crippen LogP contribution is 2.54. The van der Waals surface area contributed by atoms with Crippen LogP contribution in [0.15, 0.2) is 46.0 Å². The van der Waals surface area contributed by atoms with Gasteiger partial charge in [-0.3, -0.25) is 4.79 Å². The largest absolute Gasteiger partial charge is 0.371 e. The van der Waals surface area contributed by atoms with Crippen molar-refractivity contribution in [3.8, 4) is 11.1 Å². The van der Waals surface area contributed by atoms with Crippen LogP contribution in [0.25, 0.3) is 11.1 Å². The second-order valence-corrected chi connectivity index (χ2v) is 9.89. The Morgan fingerprint density at radius 1 is 1.00 bits per heavy atom. The van der Waals surface area contributed by atoms with E-state index in [0.29, 0.717) is 12.1 Å². The predicted octanol–water partition coefficient (Wildman–Crippen LogP) is 6.43. The van der Waals surface area contributed by atoms with Crippen LogP contribution in [0.2, 0.25) is 0 Å². The fraction of sp³-hybridized carbons (Fsp3) is 0.444. The molecule has 1 aliphatic rings. The lowest BCUT2D eigenvalue weighted by Crippen LogP contribution is -2.31. The third-order valence-electron chi connectivity index (χ3n) is 6.20. The number of fused-ring (bicyclic) bond motifs is 3. The smallest absolute Gasteiger partial charge is 0.331 e. The van der Waals surface area contributed by atoms with Gasteiger partial charge in [0.05, 0.1) is 5.71 Å².